The minimum Gasteiger partial charge on any atom is -0.318 e. The number of alkyl halides is 3. The zero-order valence-corrected chi connectivity index (χ0v) is 16.9. The molecule has 31 heavy (non-hydrogen) atoms. The Bertz CT molecular complexity index is 1340. The lowest BCUT2D eigenvalue weighted by molar-refractivity contribution is -0.137. The van der Waals surface area contributed by atoms with Gasteiger partial charge in [-0.3, -0.25) is 4.98 Å². The highest BCUT2D eigenvalue weighted by Gasteiger charge is 2.30. The smallest absolute Gasteiger partial charge is 0.318 e. The first-order valence-electron chi connectivity index (χ1n) is 9.61. The van der Waals surface area contributed by atoms with Crippen molar-refractivity contribution >= 4 is 22.6 Å². The molecular weight excluding hydrogens is 399 g/mol. The number of halogens is 3. The van der Waals surface area contributed by atoms with Gasteiger partial charge in [-0.1, -0.05) is 18.2 Å². The summed E-state index contributed by atoms with van der Waals surface area (Å²) in [6, 6.07) is 18.6. The van der Waals surface area contributed by atoms with Crippen LogP contribution in [-0.4, -0.2) is 9.55 Å². The molecule has 0 aliphatic rings. The van der Waals surface area contributed by atoms with Gasteiger partial charge in [0.1, 0.15) is 0 Å². The Labute approximate surface area is 177 Å². The zero-order valence-electron chi connectivity index (χ0n) is 16.9. The van der Waals surface area contributed by atoms with Crippen molar-refractivity contribution < 1.29 is 13.2 Å². The number of aromatic nitrogens is 2. The number of hydrogen-bond acceptors (Lipinski definition) is 2. The topological polar surface area (TPSA) is 41.6 Å². The first-order chi connectivity index (χ1) is 14.8. The number of aryl methyl sites for hydroxylation is 1. The van der Waals surface area contributed by atoms with Gasteiger partial charge in [-0.05, 0) is 73.5 Å². The molecule has 0 aliphatic carbocycles. The van der Waals surface area contributed by atoms with Crippen LogP contribution in [0.15, 0.2) is 66.9 Å². The number of fused-ring (bicyclic) bond motifs is 1. The van der Waals surface area contributed by atoms with Crippen molar-refractivity contribution in [2.75, 3.05) is 0 Å². The van der Waals surface area contributed by atoms with Crippen LogP contribution in [0, 0.1) is 25.2 Å². The summed E-state index contributed by atoms with van der Waals surface area (Å²) in [5.41, 5.74) is 4.63. The number of allylic oxidation sites excluding steroid dienone is 1. The second kappa shape index (κ2) is 7.77. The van der Waals surface area contributed by atoms with E-state index in [-0.39, 0.29) is 0 Å². The number of nitrogens with zero attached hydrogens (tertiary/aromatic N) is 3. The summed E-state index contributed by atoms with van der Waals surface area (Å²) in [4.78, 5) is 4.35. The maximum atomic E-state index is 12.8. The van der Waals surface area contributed by atoms with Crippen LogP contribution in [0.1, 0.15) is 28.1 Å². The molecule has 0 aliphatic heterocycles. The van der Waals surface area contributed by atoms with E-state index < -0.39 is 11.7 Å². The van der Waals surface area contributed by atoms with E-state index in [1.54, 1.807) is 12.3 Å². The Morgan fingerprint density at radius 3 is 2.45 bits per heavy atom. The van der Waals surface area contributed by atoms with Crippen LogP contribution < -0.4 is 0 Å². The molecule has 0 unspecified atom stereocenters. The highest BCUT2D eigenvalue weighted by molar-refractivity contribution is 5.90. The van der Waals surface area contributed by atoms with Crippen LogP contribution >= 0.6 is 0 Å². The normalized spacial score (nSPS) is 12.2. The third-order valence-electron chi connectivity index (χ3n) is 5.26. The molecule has 2 heterocycles. The van der Waals surface area contributed by atoms with E-state index in [2.05, 4.69) is 21.7 Å². The van der Waals surface area contributed by atoms with Crippen molar-refractivity contribution in [2.45, 2.75) is 20.0 Å². The average Bonchev–Trinajstić information content (AvgIpc) is 3.04. The van der Waals surface area contributed by atoms with Crippen molar-refractivity contribution in [2.24, 2.45) is 0 Å². The van der Waals surface area contributed by atoms with Gasteiger partial charge in [-0.25, -0.2) is 0 Å². The summed E-state index contributed by atoms with van der Waals surface area (Å²) < 4.78 is 40.5. The maximum absolute atomic E-state index is 12.8. The molecule has 0 saturated carbocycles. The fraction of sp³-hybridized carbons (Fsp3) is 0.120. The maximum Gasteiger partial charge on any atom is 0.416 e. The van der Waals surface area contributed by atoms with Gasteiger partial charge in [0.15, 0.2) is 0 Å². The van der Waals surface area contributed by atoms with E-state index in [1.165, 1.54) is 12.1 Å². The Morgan fingerprint density at radius 1 is 1.03 bits per heavy atom. The monoisotopic (exact) mass is 417 g/mol. The van der Waals surface area contributed by atoms with Crippen LogP contribution in [-0.2, 0) is 6.18 Å². The number of pyridine rings is 1. The SMILES string of the molecule is Cc1cc(/C=C(/C#N)c2ccc(C(F)(F)F)cc2)c(C)n1-c1ccc2ncccc2c1. The van der Waals surface area contributed by atoms with Gasteiger partial charge in [-0.15, -0.1) is 0 Å². The lowest BCUT2D eigenvalue weighted by atomic mass is 10.0. The molecule has 2 aromatic heterocycles. The van der Waals surface area contributed by atoms with Crippen molar-refractivity contribution in [3.8, 4) is 11.8 Å². The summed E-state index contributed by atoms with van der Waals surface area (Å²) in [5.74, 6) is 0. The molecule has 2 aromatic carbocycles. The molecule has 154 valence electrons. The summed E-state index contributed by atoms with van der Waals surface area (Å²) in [6.45, 7) is 3.93. The fourth-order valence-electron chi connectivity index (χ4n) is 3.71. The Morgan fingerprint density at radius 2 is 1.77 bits per heavy atom. The number of benzene rings is 2. The molecule has 0 spiro atoms. The van der Waals surface area contributed by atoms with Crippen LogP contribution in [0.3, 0.4) is 0 Å². The third kappa shape index (κ3) is 3.95. The van der Waals surface area contributed by atoms with E-state index in [1.807, 2.05) is 44.2 Å². The van der Waals surface area contributed by atoms with Gasteiger partial charge >= 0.3 is 6.18 Å². The van der Waals surface area contributed by atoms with Gasteiger partial charge in [0.25, 0.3) is 0 Å². The summed E-state index contributed by atoms with van der Waals surface area (Å²) >= 11 is 0. The van der Waals surface area contributed by atoms with E-state index in [0.29, 0.717) is 11.1 Å². The number of nitriles is 1. The lowest BCUT2D eigenvalue weighted by Crippen LogP contribution is -2.04. The Kier molecular flexibility index (Phi) is 5.12. The average molecular weight is 417 g/mol. The van der Waals surface area contributed by atoms with E-state index in [9.17, 15) is 18.4 Å². The number of rotatable bonds is 3. The second-order valence-electron chi connectivity index (χ2n) is 7.29. The molecule has 4 aromatic rings. The van der Waals surface area contributed by atoms with Crippen molar-refractivity contribution in [3.05, 3.63) is 94.9 Å². The molecule has 0 amide bonds. The first-order valence-corrected chi connectivity index (χ1v) is 9.61. The molecule has 4 rings (SSSR count). The third-order valence-corrected chi connectivity index (χ3v) is 5.26. The minimum absolute atomic E-state index is 0.302. The highest BCUT2D eigenvalue weighted by atomic mass is 19.4. The number of hydrogen-bond donors (Lipinski definition) is 0. The molecular formula is C25H18F3N3. The highest BCUT2D eigenvalue weighted by Crippen LogP contribution is 2.31. The molecule has 6 heteroatoms. The van der Waals surface area contributed by atoms with Crippen molar-refractivity contribution in [1.29, 1.82) is 5.26 Å². The van der Waals surface area contributed by atoms with Gasteiger partial charge in [0.05, 0.1) is 22.7 Å². The van der Waals surface area contributed by atoms with Crippen LogP contribution in [0.25, 0.3) is 28.2 Å². The van der Waals surface area contributed by atoms with Gasteiger partial charge in [-0.2, -0.15) is 18.4 Å². The minimum atomic E-state index is -4.41. The zero-order chi connectivity index (χ0) is 22.2. The van der Waals surface area contributed by atoms with Gasteiger partial charge in [0, 0.05) is 28.7 Å². The molecule has 0 atom stereocenters. The van der Waals surface area contributed by atoms with E-state index in [4.69, 9.17) is 0 Å². The van der Waals surface area contributed by atoms with Crippen LogP contribution in [0.4, 0.5) is 13.2 Å². The standard InChI is InChI=1S/C25H18F3N3/c1-16-12-20(13-21(15-29)18-5-7-22(8-6-18)25(26,27)28)17(2)31(16)23-9-10-24-19(14-23)4-3-11-30-24/h3-14H,1-2H3/b21-13-. The fourth-order valence-corrected chi connectivity index (χ4v) is 3.71. The van der Waals surface area contributed by atoms with Gasteiger partial charge < -0.3 is 4.57 Å². The van der Waals surface area contributed by atoms with E-state index in [0.717, 1.165) is 45.7 Å². The summed E-state index contributed by atoms with van der Waals surface area (Å²) in [7, 11) is 0. The second-order valence-corrected chi connectivity index (χ2v) is 7.29. The molecule has 0 bridgehead atoms. The first kappa shape index (κ1) is 20.4. The van der Waals surface area contributed by atoms with Gasteiger partial charge in [0.2, 0.25) is 0 Å². The largest absolute Gasteiger partial charge is 0.416 e. The summed E-state index contributed by atoms with van der Waals surface area (Å²) in [6.07, 6.45) is -0.943. The molecule has 0 radical (unpaired) electrons. The molecule has 0 saturated heterocycles. The van der Waals surface area contributed by atoms with Crippen molar-refractivity contribution in [1.82, 2.24) is 9.55 Å². The van der Waals surface area contributed by atoms with Crippen LogP contribution in [0.2, 0.25) is 0 Å². The molecule has 0 fully saturated rings. The molecule has 3 nitrogen and oxygen atoms in total. The summed E-state index contributed by atoms with van der Waals surface area (Å²) in [5, 5.41) is 10.6. The van der Waals surface area contributed by atoms with E-state index >= 15 is 0 Å². The quantitative estimate of drug-likeness (QED) is 0.347. The van der Waals surface area contributed by atoms with Crippen molar-refractivity contribution in [3.63, 3.8) is 0 Å². The van der Waals surface area contributed by atoms with Crippen LogP contribution in [0.5, 0.6) is 0 Å². The Hall–Kier alpha value is -3.85. The lowest BCUT2D eigenvalue weighted by Gasteiger charge is -2.11. The predicted octanol–water partition coefficient (Wildman–Crippen LogP) is 6.73. The predicted molar refractivity (Wildman–Crippen MR) is 115 cm³/mol. The molecule has 0 N–H and O–H groups in total. The Balaban J connectivity index is 1.74.